The number of ether oxygens (including phenoxy) is 2. The largest absolute Gasteiger partial charge is 0.382 e. The number of methoxy groups -OCH3 is 1. The van der Waals surface area contributed by atoms with Gasteiger partial charge in [-0.05, 0) is 12.1 Å². The number of nitrogens with zero attached hydrogens (tertiary/aromatic N) is 1. The third-order valence-electron chi connectivity index (χ3n) is 2.60. The highest BCUT2D eigenvalue weighted by Gasteiger charge is 1.97. The van der Waals surface area contributed by atoms with E-state index in [2.05, 4.69) is 39.9 Å². The van der Waals surface area contributed by atoms with E-state index in [0.717, 1.165) is 24.8 Å². The first-order valence-corrected chi connectivity index (χ1v) is 8.04. The summed E-state index contributed by atoms with van der Waals surface area (Å²) in [5, 5.41) is 6.49. The van der Waals surface area contributed by atoms with E-state index in [-0.39, 0.29) is 0 Å². The van der Waals surface area contributed by atoms with Gasteiger partial charge in [0.2, 0.25) is 0 Å². The average molecular weight is 311 g/mol. The zero-order chi connectivity index (χ0) is 15.2. The number of hydrogen-bond donors (Lipinski definition) is 2. The van der Waals surface area contributed by atoms with Crippen LogP contribution in [-0.4, -0.2) is 58.8 Å². The van der Waals surface area contributed by atoms with Crippen LogP contribution in [0.15, 0.2) is 40.2 Å². The molecule has 0 aliphatic carbocycles. The molecule has 0 heterocycles. The summed E-state index contributed by atoms with van der Waals surface area (Å²) in [5.74, 6) is 1.80. The van der Waals surface area contributed by atoms with Crippen LogP contribution in [0.1, 0.15) is 0 Å². The fourth-order valence-corrected chi connectivity index (χ4v) is 2.35. The Balaban J connectivity index is 2.03. The minimum absolute atomic E-state index is 0.623. The van der Waals surface area contributed by atoms with Crippen LogP contribution in [-0.2, 0) is 9.47 Å². The number of rotatable bonds is 10. The summed E-state index contributed by atoms with van der Waals surface area (Å²) >= 11 is 1.83. The lowest BCUT2D eigenvalue weighted by Gasteiger charge is -2.11. The molecule has 2 N–H and O–H groups in total. The second kappa shape index (κ2) is 12.5. The first-order chi connectivity index (χ1) is 10.4. The molecule has 0 bridgehead atoms. The molecule has 0 spiro atoms. The van der Waals surface area contributed by atoms with Gasteiger partial charge < -0.3 is 20.1 Å². The highest BCUT2D eigenvalue weighted by atomic mass is 32.2. The van der Waals surface area contributed by atoms with Crippen molar-refractivity contribution in [3.05, 3.63) is 30.3 Å². The fraction of sp³-hybridized carbons (Fsp3) is 0.533. The van der Waals surface area contributed by atoms with Crippen molar-refractivity contribution in [3.63, 3.8) is 0 Å². The van der Waals surface area contributed by atoms with Gasteiger partial charge in [0.15, 0.2) is 5.96 Å². The maximum absolute atomic E-state index is 5.38. The van der Waals surface area contributed by atoms with E-state index >= 15 is 0 Å². The molecule has 1 aromatic carbocycles. The molecule has 5 nitrogen and oxygen atoms in total. The van der Waals surface area contributed by atoms with Crippen LogP contribution in [0.5, 0.6) is 0 Å². The van der Waals surface area contributed by atoms with E-state index in [9.17, 15) is 0 Å². The first kappa shape index (κ1) is 17.8. The fourth-order valence-electron chi connectivity index (χ4n) is 1.56. The van der Waals surface area contributed by atoms with E-state index in [1.807, 2.05) is 17.8 Å². The SMILES string of the molecule is CN=C(NCCOCCOC)NCCSc1ccccc1. The smallest absolute Gasteiger partial charge is 0.191 e. The molecule has 0 saturated carbocycles. The normalized spacial score (nSPS) is 11.4. The standard InChI is InChI=1S/C15H25N3O2S/c1-16-15(17-8-10-20-12-11-19-2)18-9-13-21-14-6-4-3-5-7-14/h3-7H,8-13H2,1-2H3,(H2,16,17,18). The molecule has 1 rings (SSSR count). The number of thioether (sulfide) groups is 1. The van der Waals surface area contributed by atoms with Gasteiger partial charge in [0, 0.05) is 37.9 Å². The van der Waals surface area contributed by atoms with Crippen LogP contribution >= 0.6 is 11.8 Å². The Morgan fingerprint density at radius 3 is 2.57 bits per heavy atom. The zero-order valence-corrected chi connectivity index (χ0v) is 13.6. The second-order valence-corrected chi connectivity index (χ2v) is 5.36. The lowest BCUT2D eigenvalue weighted by Crippen LogP contribution is -2.40. The Bertz CT molecular complexity index is 388. The number of hydrogen-bond acceptors (Lipinski definition) is 4. The minimum Gasteiger partial charge on any atom is -0.382 e. The molecule has 21 heavy (non-hydrogen) atoms. The molecule has 0 aliphatic heterocycles. The van der Waals surface area contributed by atoms with Crippen LogP contribution in [0, 0.1) is 0 Å². The highest BCUT2D eigenvalue weighted by Crippen LogP contribution is 2.15. The van der Waals surface area contributed by atoms with E-state index in [0.29, 0.717) is 19.8 Å². The van der Waals surface area contributed by atoms with Gasteiger partial charge in [0.05, 0.1) is 19.8 Å². The molecule has 0 amide bonds. The Labute approximate surface area is 131 Å². The molecule has 0 aliphatic rings. The number of aliphatic imine (C=N–C) groups is 1. The molecule has 6 heteroatoms. The zero-order valence-electron chi connectivity index (χ0n) is 12.8. The van der Waals surface area contributed by atoms with Crippen LogP contribution in [0.25, 0.3) is 0 Å². The van der Waals surface area contributed by atoms with Crippen molar-refractivity contribution in [3.8, 4) is 0 Å². The van der Waals surface area contributed by atoms with Gasteiger partial charge >= 0.3 is 0 Å². The topological polar surface area (TPSA) is 54.9 Å². The second-order valence-electron chi connectivity index (χ2n) is 4.19. The van der Waals surface area contributed by atoms with Gasteiger partial charge in [0.25, 0.3) is 0 Å². The maximum Gasteiger partial charge on any atom is 0.191 e. The van der Waals surface area contributed by atoms with Crippen molar-refractivity contribution < 1.29 is 9.47 Å². The van der Waals surface area contributed by atoms with Gasteiger partial charge in [-0.3, -0.25) is 4.99 Å². The highest BCUT2D eigenvalue weighted by molar-refractivity contribution is 7.99. The van der Waals surface area contributed by atoms with Crippen molar-refractivity contribution in [1.82, 2.24) is 10.6 Å². The molecular formula is C15H25N3O2S. The predicted octanol–water partition coefficient (Wildman–Crippen LogP) is 1.61. The number of guanidine groups is 1. The van der Waals surface area contributed by atoms with Gasteiger partial charge in [-0.1, -0.05) is 18.2 Å². The lowest BCUT2D eigenvalue weighted by atomic mass is 10.4. The van der Waals surface area contributed by atoms with Crippen LogP contribution < -0.4 is 10.6 Å². The van der Waals surface area contributed by atoms with Crippen molar-refractivity contribution in [2.75, 3.05) is 52.8 Å². The Kier molecular flexibility index (Phi) is 10.6. The van der Waals surface area contributed by atoms with Crippen molar-refractivity contribution >= 4 is 17.7 Å². The summed E-state index contributed by atoms with van der Waals surface area (Å²) in [6.07, 6.45) is 0. The molecule has 118 valence electrons. The Morgan fingerprint density at radius 2 is 1.86 bits per heavy atom. The van der Waals surface area contributed by atoms with Crippen molar-refractivity contribution in [2.24, 2.45) is 4.99 Å². The third-order valence-corrected chi connectivity index (χ3v) is 3.61. The summed E-state index contributed by atoms with van der Waals surface area (Å²) in [4.78, 5) is 5.46. The van der Waals surface area contributed by atoms with Gasteiger partial charge in [-0.2, -0.15) is 0 Å². The molecule has 0 aromatic heterocycles. The quantitative estimate of drug-likeness (QED) is 0.297. The van der Waals surface area contributed by atoms with Crippen molar-refractivity contribution in [1.29, 1.82) is 0 Å². The lowest BCUT2D eigenvalue weighted by molar-refractivity contribution is 0.0733. The van der Waals surface area contributed by atoms with E-state index in [1.165, 1.54) is 4.90 Å². The third kappa shape index (κ3) is 9.33. The van der Waals surface area contributed by atoms with Crippen molar-refractivity contribution in [2.45, 2.75) is 4.90 Å². The summed E-state index contributed by atoms with van der Waals surface area (Å²) < 4.78 is 10.3. The Morgan fingerprint density at radius 1 is 1.10 bits per heavy atom. The van der Waals surface area contributed by atoms with E-state index < -0.39 is 0 Å². The average Bonchev–Trinajstić information content (AvgIpc) is 2.53. The molecule has 0 atom stereocenters. The molecular weight excluding hydrogens is 286 g/mol. The van der Waals surface area contributed by atoms with Gasteiger partial charge in [0.1, 0.15) is 0 Å². The summed E-state index contributed by atoms with van der Waals surface area (Å²) in [6, 6.07) is 10.4. The van der Waals surface area contributed by atoms with Crippen LogP contribution in [0.4, 0.5) is 0 Å². The van der Waals surface area contributed by atoms with E-state index in [1.54, 1.807) is 14.2 Å². The molecule has 0 saturated heterocycles. The number of nitrogens with one attached hydrogen (secondary N) is 2. The first-order valence-electron chi connectivity index (χ1n) is 7.06. The van der Waals surface area contributed by atoms with Gasteiger partial charge in [-0.25, -0.2) is 0 Å². The molecule has 1 aromatic rings. The monoisotopic (exact) mass is 311 g/mol. The summed E-state index contributed by atoms with van der Waals surface area (Å²) in [7, 11) is 3.44. The number of benzene rings is 1. The van der Waals surface area contributed by atoms with Crippen LogP contribution in [0.3, 0.4) is 0 Å². The van der Waals surface area contributed by atoms with Crippen LogP contribution in [0.2, 0.25) is 0 Å². The summed E-state index contributed by atoms with van der Waals surface area (Å²) in [6.45, 7) is 3.49. The minimum atomic E-state index is 0.623. The molecule has 0 unspecified atom stereocenters. The molecule has 0 fully saturated rings. The Hall–Kier alpha value is -1.24. The van der Waals surface area contributed by atoms with E-state index in [4.69, 9.17) is 9.47 Å². The predicted molar refractivity (Wildman–Crippen MR) is 89.2 cm³/mol. The maximum atomic E-state index is 5.38. The molecule has 0 radical (unpaired) electrons. The van der Waals surface area contributed by atoms with Gasteiger partial charge in [-0.15, -0.1) is 11.8 Å². The summed E-state index contributed by atoms with van der Waals surface area (Å²) in [5.41, 5.74) is 0.